The third-order valence-corrected chi connectivity index (χ3v) is 3.51. The zero-order valence-electron chi connectivity index (χ0n) is 11.4. The number of hydrogen-bond donors (Lipinski definition) is 1. The van der Waals surface area contributed by atoms with Crippen molar-refractivity contribution in [2.24, 2.45) is 0 Å². The number of fused-ring (bicyclic) bond motifs is 1. The molecule has 98 valence electrons. The molecule has 0 saturated heterocycles. The summed E-state index contributed by atoms with van der Waals surface area (Å²) in [5, 5.41) is 0. The van der Waals surface area contributed by atoms with E-state index < -0.39 is 0 Å². The van der Waals surface area contributed by atoms with Gasteiger partial charge in [-0.15, -0.1) is 0 Å². The SMILES string of the molecule is CCCCC(CCC)n1cnc2cc(N)ccc21. The predicted molar refractivity (Wildman–Crippen MR) is 77.6 cm³/mol. The van der Waals surface area contributed by atoms with Crippen LogP contribution in [-0.4, -0.2) is 9.55 Å². The molecule has 3 heteroatoms. The lowest BCUT2D eigenvalue weighted by Crippen LogP contribution is -2.07. The molecule has 0 fully saturated rings. The van der Waals surface area contributed by atoms with Crippen LogP contribution in [0, 0.1) is 0 Å². The van der Waals surface area contributed by atoms with Crippen molar-refractivity contribution in [3.05, 3.63) is 24.5 Å². The third-order valence-electron chi connectivity index (χ3n) is 3.51. The van der Waals surface area contributed by atoms with Gasteiger partial charge in [-0.2, -0.15) is 0 Å². The Balaban J connectivity index is 2.31. The summed E-state index contributed by atoms with van der Waals surface area (Å²) < 4.78 is 2.33. The molecule has 0 spiro atoms. The normalized spacial score (nSPS) is 13.0. The van der Waals surface area contributed by atoms with Crippen molar-refractivity contribution in [3.8, 4) is 0 Å². The molecule has 0 saturated carbocycles. The molecule has 0 aliphatic carbocycles. The molecule has 2 aromatic rings. The maximum Gasteiger partial charge on any atom is 0.0960 e. The lowest BCUT2D eigenvalue weighted by atomic mass is 10.0. The van der Waals surface area contributed by atoms with Crippen molar-refractivity contribution in [3.63, 3.8) is 0 Å². The number of nitrogens with two attached hydrogens (primary N) is 1. The van der Waals surface area contributed by atoms with Gasteiger partial charge in [0.15, 0.2) is 0 Å². The number of anilines is 1. The van der Waals surface area contributed by atoms with E-state index in [-0.39, 0.29) is 0 Å². The lowest BCUT2D eigenvalue weighted by Gasteiger charge is -2.18. The Kier molecular flexibility index (Phi) is 4.24. The summed E-state index contributed by atoms with van der Waals surface area (Å²) in [7, 11) is 0. The maximum absolute atomic E-state index is 5.80. The Morgan fingerprint density at radius 3 is 2.78 bits per heavy atom. The Bertz CT molecular complexity index is 501. The number of hydrogen-bond acceptors (Lipinski definition) is 2. The highest BCUT2D eigenvalue weighted by Gasteiger charge is 2.12. The van der Waals surface area contributed by atoms with Crippen LogP contribution in [0.5, 0.6) is 0 Å². The monoisotopic (exact) mass is 245 g/mol. The first-order valence-electron chi connectivity index (χ1n) is 6.98. The average Bonchev–Trinajstić information content (AvgIpc) is 2.77. The smallest absolute Gasteiger partial charge is 0.0960 e. The van der Waals surface area contributed by atoms with E-state index in [1.165, 1.54) is 37.6 Å². The summed E-state index contributed by atoms with van der Waals surface area (Å²) in [5.74, 6) is 0. The molecule has 0 radical (unpaired) electrons. The van der Waals surface area contributed by atoms with Gasteiger partial charge in [0.2, 0.25) is 0 Å². The number of rotatable bonds is 6. The van der Waals surface area contributed by atoms with Gasteiger partial charge in [0.1, 0.15) is 0 Å². The topological polar surface area (TPSA) is 43.8 Å². The molecule has 1 heterocycles. The van der Waals surface area contributed by atoms with Crippen LogP contribution in [0.2, 0.25) is 0 Å². The summed E-state index contributed by atoms with van der Waals surface area (Å²) in [6, 6.07) is 6.58. The van der Waals surface area contributed by atoms with Crippen LogP contribution < -0.4 is 5.73 Å². The first-order valence-corrected chi connectivity index (χ1v) is 6.98. The van der Waals surface area contributed by atoms with Crippen LogP contribution >= 0.6 is 0 Å². The zero-order chi connectivity index (χ0) is 13.0. The van der Waals surface area contributed by atoms with Crippen LogP contribution in [-0.2, 0) is 0 Å². The second-order valence-electron chi connectivity index (χ2n) is 4.98. The van der Waals surface area contributed by atoms with Crippen LogP contribution in [0.25, 0.3) is 11.0 Å². The van der Waals surface area contributed by atoms with Crippen LogP contribution in [0.4, 0.5) is 5.69 Å². The molecule has 18 heavy (non-hydrogen) atoms. The van der Waals surface area contributed by atoms with Gasteiger partial charge < -0.3 is 10.3 Å². The van der Waals surface area contributed by atoms with Crippen LogP contribution in [0.3, 0.4) is 0 Å². The molecule has 0 aliphatic heterocycles. The van der Waals surface area contributed by atoms with Crippen molar-refractivity contribution < 1.29 is 0 Å². The first kappa shape index (κ1) is 12.9. The van der Waals surface area contributed by atoms with Crippen LogP contribution in [0.15, 0.2) is 24.5 Å². The standard InChI is InChI=1S/C15H23N3/c1-3-5-7-13(6-4-2)18-11-17-14-10-12(16)8-9-15(14)18/h8-11,13H,3-7,16H2,1-2H3. The summed E-state index contributed by atoms with van der Waals surface area (Å²) >= 11 is 0. The molecule has 0 aliphatic rings. The van der Waals surface area contributed by atoms with E-state index in [1.54, 1.807) is 0 Å². The number of aromatic nitrogens is 2. The molecule has 0 bridgehead atoms. The minimum Gasteiger partial charge on any atom is -0.399 e. The van der Waals surface area contributed by atoms with E-state index >= 15 is 0 Å². The Morgan fingerprint density at radius 1 is 1.22 bits per heavy atom. The van der Waals surface area contributed by atoms with Crippen molar-refractivity contribution in [1.82, 2.24) is 9.55 Å². The second kappa shape index (κ2) is 5.89. The van der Waals surface area contributed by atoms with E-state index in [0.717, 1.165) is 11.2 Å². The number of nitrogen functional groups attached to an aromatic ring is 1. The van der Waals surface area contributed by atoms with E-state index in [1.807, 2.05) is 18.5 Å². The number of benzene rings is 1. The Hall–Kier alpha value is -1.51. The fraction of sp³-hybridized carbons (Fsp3) is 0.533. The fourth-order valence-electron chi connectivity index (χ4n) is 2.54. The highest BCUT2D eigenvalue weighted by molar-refractivity contribution is 5.79. The molecule has 1 unspecified atom stereocenters. The van der Waals surface area contributed by atoms with Crippen molar-refractivity contribution in [2.75, 3.05) is 5.73 Å². The highest BCUT2D eigenvalue weighted by atomic mass is 15.1. The van der Waals surface area contributed by atoms with Crippen molar-refractivity contribution in [1.29, 1.82) is 0 Å². The Labute approximate surface area is 109 Å². The second-order valence-corrected chi connectivity index (χ2v) is 4.98. The van der Waals surface area contributed by atoms with Gasteiger partial charge in [0, 0.05) is 11.7 Å². The fourth-order valence-corrected chi connectivity index (χ4v) is 2.54. The summed E-state index contributed by atoms with van der Waals surface area (Å²) in [4.78, 5) is 4.47. The third kappa shape index (κ3) is 2.66. The van der Waals surface area contributed by atoms with Gasteiger partial charge in [-0.1, -0.05) is 33.1 Å². The zero-order valence-corrected chi connectivity index (χ0v) is 11.4. The van der Waals surface area contributed by atoms with Gasteiger partial charge in [-0.05, 0) is 31.0 Å². The lowest BCUT2D eigenvalue weighted by molar-refractivity contribution is 0.426. The molecule has 0 amide bonds. The van der Waals surface area contributed by atoms with Gasteiger partial charge in [-0.3, -0.25) is 0 Å². The summed E-state index contributed by atoms with van der Waals surface area (Å²) in [5.41, 5.74) is 8.80. The minimum absolute atomic E-state index is 0.573. The first-order chi connectivity index (χ1) is 8.76. The molecule has 2 N–H and O–H groups in total. The molecular formula is C15H23N3. The number of unbranched alkanes of at least 4 members (excludes halogenated alkanes) is 1. The molecule has 1 aromatic carbocycles. The quantitative estimate of drug-likeness (QED) is 0.777. The number of imidazole rings is 1. The van der Waals surface area contributed by atoms with Crippen molar-refractivity contribution >= 4 is 16.7 Å². The van der Waals surface area contributed by atoms with Gasteiger partial charge in [0.25, 0.3) is 0 Å². The molecule has 3 nitrogen and oxygen atoms in total. The molecule has 1 atom stereocenters. The van der Waals surface area contributed by atoms with E-state index in [0.29, 0.717) is 6.04 Å². The van der Waals surface area contributed by atoms with Gasteiger partial charge in [0.05, 0.1) is 17.4 Å². The minimum atomic E-state index is 0.573. The Morgan fingerprint density at radius 2 is 2.06 bits per heavy atom. The van der Waals surface area contributed by atoms with E-state index in [2.05, 4.69) is 29.5 Å². The average molecular weight is 245 g/mol. The molecular weight excluding hydrogens is 222 g/mol. The maximum atomic E-state index is 5.80. The van der Waals surface area contributed by atoms with Gasteiger partial charge in [-0.25, -0.2) is 4.98 Å². The largest absolute Gasteiger partial charge is 0.399 e. The van der Waals surface area contributed by atoms with E-state index in [9.17, 15) is 0 Å². The predicted octanol–water partition coefficient (Wildman–Crippen LogP) is 4.15. The van der Waals surface area contributed by atoms with E-state index in [4.69, 9.17) is 5.73 Å². The molecule has 1 aromatic heterocycles. The molecule has 2 rings (SSSR count). The van der Waals surface area contributed by atoms with Crippen molar-refractivity contribution in [2.45, 2.75) is 52.0 Å². The summed E-state index contributed by atoms with van der Waals surface area (Å²) in [6.45, 7) is 4.49. The van der Waals surface area contributed by atoms with Crippen LogP contribution in [0.1, 0.15) is 52.0 Å². The summed E-state index contributed by atoms with van der Waals surface area (Å²) in [6.07, 6.45) is 8.16. The van der Waals surface area contributed by atoms with Gasteiger partial charge >= 0.3 is 0 Å². The highest BCUT2D eigenvalue weighted by Crippen LogP contribution is 2.26. The number of nitrogens with zero attached hydrogens (tertiary/aromatic N) is 2.